The quantitative estimate of drug-likeness (QED) is 0.709. The van der Waals surface area contributed by atoms with Crippen LogP contribution in [0.1, 0.15) is 45.1 Å². The first-order valence-electron chi connectivity index (χ1n) is 10.9. The molecule has 33 heavy (non-hydrogen) atoms. The maximum Gasteiger partial charge on any atom is 0.255 e. The highest BCUT2D eigenvalue weighted by Crippen LogP contribution is 2.49. The van der Waals surface area contributed by atoms with E-state index in [2.05, 4.69) is 29.5 Å². The Kier molecular flexibility index (Phi) is 5.97. The molecule has 0 bridgehead atoms. The number of anilines is 1. The van der Waals surface area contributed by atoms with Crippen LogP contribution in [0.25, 0.3) is 0 Å². The molecule has 1 aromatic heterocycles. The highest BCUT2D eigenvalue weighted by Gasteiger charge is 2.43. The van der Waals surface area contributed by atoms with Crippen LogP contribution in [-0.2, 0) is 9.59 Å². The van der Waals surface area contributed by atoms with Crippen LogP contribution in [0.3, 0.4) is 0 Å². The van der Waals surface area contributed by atoms with Gasteiger partial charge in [-0.2, -0.15) is 0 Å². The van der Waals surface area contributed by atoms with E-state index in [9.17, 15) is 9.59 Å². The van der Waals surface area contributed by atoms with Gasteiger partial charge in [0.05, 0.1) is 20.1 Å². The third-order valence-corrected chi connectivity index (χ3v) is 6.14. The molecule has 0 fully saturated rings. The lowest BCUT2D eigenvalue weighted by Gasteiger charge is -2.40. The van der Waals surface area contributed by atoms with Crippen molar-refractivity contribution in [1.82, 2.24) is 10.3 Å². The van der Waals surface area contributed by atoms with Gasteiger partial charge in [-0.05, 0) is 49.1 Å². The van der Waals surface area contributed by atoms with Crippen LogP contribution >= 0.6 is 0 Å². The predicted molar refractivity (Wildman–Crippen MR) is 126 cm³/mol. The summed E-state index contributed by atoms with van der Waals surface area (Å²) in [5, 5.41) is 6.25. The molecule has 0 saturated heterocycles. The minimum Gasteiger partial charge on any atom is -0.497 e. The van der Waals surface area contributed by atoms with Gasteiger partial charge in [0.1, 0.15) is 17.3 Å². The van der Waals surface area contributed by atoms with E-state index in [1.807, 2.05) is 13.0 Å². The number of carbonyl (C=O) groups excluding carboxylic acids is 2. The lowest BCUT2D eigenvalue weighted by Crippen LogP contribution is -2.39. The first-order chi connectivity index (χ1) is 15.7. The van der Waals surface area contributed by atoms with Gasteiger partial charge in [0.2, 0.25) is 0 Å². The van der Waals surface area contributed by atoms with E-state index < -0.39 is 5.92 Å². The summed E-state index contributed by atoms with van der Waals surface area (Å²) < 4.78 is 11.1. The molecule has 0 spiro atoms. The molecule has 1 atom stereocenters. The van der Waals surface area contributed by atoms with Crippen LogP contribution in [-0.4, -0.2) is 30.9 Å². The molecule has 1 unspecified atom stereocenters. The number of allylic oxidation sites excluding steroid dienone is 3. The Hall–Kier alpha value is -3.61. The summed E-state index contributed by atoms with van der Waals surface area (Å²) >= 11 is 0. The van der Waals surface area contributed by atoms with Gasteiger partial charge < -0.3 is 20.1 Å². The summed E-state index contributed by atoms with van der Waals surface area (Å²) in [6.45, 7) is 6.03. The van der Waals surface area contributed by atoms with Crippen LogP contribution < -0.4 is 20.1 Å². The molecular formula is C26H29N3O4. The number of nitrogens with zero attached hydrogens (tertiary/aromatic N) is 1. The Bertz CT molecular complexity index is 1170. The highest BCUT2D eigenvalue weighted by molar-refractivity contribution is 6.09. The van der Waals surface area contributed by atoms with Crippen molar-refractivity contribution in [3.63, 3.8) is 0 Å². The van der Waals surface area contributed by atoms with E-state index in [1.54, 1.807) is 50.7 Å². The van der Waals surface area contributed by atoms with E-state index in [4.69, 9.17) is 9.47 Å². The number of benzene rings is 1. The Labute approximate surface area is 193 Å². The van der Waals surface area contributed by atoms with E-state index in [0.717, 1.165) is 5.70 Å². The summed E-state index contributed by atoms with van der Waals surface area (Å²) in [5.41, 5.74) is 3.17. The maximum absolute atomic E-state index is 13.6. The number of Topliss-reactive ketones (excluding diaryl/α,β-unsaturated/α-hetero) is 1. The zero-order chi connectivity index (χ0) is 23.8. The second-order valence-electron chi connectivity index (χ2n) is 9.21. The molecular weight excluding hydrogens is 418 g/mol. The minimum absolute atomic E-state index is 0.0271. The second kappa shape index (κ2) is 8.73. The highest BCUT2D eigenvalue weighted by atomic mass is 16.5. The molecule has 4 rings (SSSR count). The average Bonchev–Trinajstić information content (AvgIpc) is 2.77. The minimum atomic E-state index is -0.599. The first-order valence-corrected chi connectivity index (χ1v) is 10.9. The summed E-state index contributed by atoms with van der Waals surface area (Å²) in [7, 11) is 3.17. The van der Waals surface area contributed by atoms with Crippen LogP contribution in [0.15, 0.2) is 65.1 Å². The number of dihydropyridines is 1. The fraction of sp³-hybridized carbons (Fsp3) is 0.346. The fourth-order valence-corrected chi connectivity index (χ4v) is 4.73. The molecule has 2 aliphatic rings. The van der Waals surface area contributed by atoms with Gasteiger partial charge in [-0.1, -0.05) is 19.9 Å². The number of ether oxygens (including phenoxy) is 2. The van der Waals surface area contributed by atoms with Gasteiger partial charge in [0, 0.05) is 40.7 Å². The Morgan fingerprint density at radius 3 is 2.61 bits per heavy atom. The van der Waals surface area contributed by atoms with Gasteiger partial charge >= 0.3 is 0 Å². The number of carbonyl (C=O) groups is 2. The standard InChI is InChI=1S/C26H29N3O4/c1-15-22(25(31)29-21-8-6-7-11-27-21)23(17-12-16(32-4)9-10-20(17)33-5)24-18(28-15)13-26(2,3)14-19(24)30/h6-12,23,28H,13-14H2,1-5H3,(H,27,29,31). The molecule has 2 aromatic rings. The zero-order valence-corrected chi connectivity index (χ0v) is 19.6. The molecule has 7 heteroatoms. The molecule has 7 nitrogen and oxygen atoms in total. The molecule has 1 amide bonds. The van der Waals surface area contributed by atoms with Gasteiger partial charge in [-0.25, -0.2) is 4.98 Å². The van der Waals surface area contributed by atoms with E-state index in [0.29, 0.717) is 52.6 Å². The number of nitrogens with one attached hydrogen (secondary N) is 2. The van der Waals surface area contributed by atoms with E-state index in [1.165, 1.54) is 0 Å². The largest absolute Gasteiger partial charge is 0.497 e. The smallest absolute Gasteiger partial charge is 0.255 e. The van der Waals surface area contributed by atoms with E-state index in [-0.39, 0.29) is 17.1 Å². The number of hydrogen-bond acceptors (Lipinski definition) is 6. The Morgan fingerprint density at radius 2 is 1.94 bits per heavy atom. The van der Waals surface area contributed by atoms with Crippen molar-refractivity contribution in [2.45, 2.75) is 39.5 Å². The third-order valence-electron chi connectivity index (χ3n) is 6.14. The number of aromatic nitrogens is 1. The molecule has 172 valence electrons. The van der Waals surface area contributed by atoms with Crippen LogP contribution in [0.2, 0.25) is 0 Å². The monoisotopic (exact) mass is 447 g/mol. The molecule has 2 heterocycles. The van der Waals surface area contributed by atoms with E-state index >= 15 is 0 Å². The number of ketones is 1. The summed E-state index contributed by atoms with van der Waals surface area (Å²) in [6, 6.07) is 10.8. The van der Waals surface area contributed by atoms with Crippen LogP contribution in [0, 0.1) is 5.41 Å². The van der Waals surface area contributed by atoms with Crippen molar-refractivity contribution in [2.24, 2.45) is 5.41 Å². The summed E-state index contributed by atoms with van der Waals surface area (Å²) in [4.78, 5) is 31.3. The summed E-state index contributed by atoms with van der Waals surface area (Å²) in [6.07, 6.45) is 2.74. The number of pyridine rings is 1. The molecule has 2 N–H and O–H groups in total. The lowest BCUT2D eigenvalue weighted by molar-refractivity contribution is -0.118. The SMILES string of the molecule is COc1ccc(OC)c(C2C(C(=O)Nc3ccccn3)=C(C)NC3=C2C(=O)CC(C)(C)C3)c1. The summed E-state index contributed by atoms with van der Waals surface area (Å²) in [5.74, 6) is 0.756. The number of hydrogen-bond donors (Lipinski definition) is 2. The average molecular weight is 448 g/mol. The topological polar surface area (TPSA) is 89.6 Å². The Balaban J connectivity index is 1.89. The van der Waals surface area contributed by atoms with Crippen molar-refractivity contribution >= 4 is 17.5 Å². The molecule has 1 aliphatic carbocycles. The lowest BCUT2D eigenvalue weighted by atomic mass is 9.68. The maximum atomic E-state index is 13.6. The number of rotatable bonds is 5. The first kappa shape index (κ1) is 22.6. The van der Waals surface area contributed by atoms with Gasteiger partial charge in [0.15, 0.2) is 5.78 Å². The van der Waals surface area contributed by atoms with Crippen molar-refractivity contribution < 1.29 is 19.1 Å². The van der Waals surface area contributed by atoms with Gasteiger partial charge in [0.25, 0.3) is 5.91 Å². The number of methoxy groups -OCH3 is 2. The molecule has 1 aliphatic heterocycles. The van der Waals surface area contributed by atoms with Gasteiger partial charge in [-0.15, -0.1) is 0 Å². The normalized spacial score (nSPS) is 19.5. The van der Waals surface area contributed by atoms with Gasteiger partial charge in [-0.3, -0.25) is 9.59 Å². The van der Waals surface area contributed by atoms with Crippen LogP contribution in [0.4, 0.5) is 5.82 Å². The van der Waals surface area contributed by atoms with Crippen molar-refractivity contribution in [1.29, 1.82) is 0 Å². The number of amides is 1. The van der Waals surface area contributed by atoms with Crippen LogP contribution in [0.5, 0.6) is 11.5 Å². The Morgan fingerprint density at radius 1 is 1.15 bits per heavy atom. The van der Waals surface area contributed by atoms with Crippen molar-refractivity contribution in [2.75, 3.05) is 19.5 Å². The predicted octanol–water partition coefficient (Wildman–Crippen LogP) is 4.34. The fourth-order valence-electron chi connectivity index (χ4n) is 4.73. The van der Waals surface area contributed by atoms with Crippen molar-refractivity contribution in [3.8, 4) is 11.5 Å². The molecule has 1 aromatic carbocycles. The van der Waals surface area contributed by atoms with Crippen molar-refractivity contribution in [3.05, 3.63) is 70.7 Å². The molecule has 0 saturated carbocycles. The molecule has 0 radical (unpaired) electrons. The zero-order valence-electron chi connectivity index (χ0n) is 19.6. The third kappa shape index (κ3) is 4.35. The second-order valence-corrected chi connectivity index (χ2v) is 9.21.